The van der Waals surface area contributed by atoms with Gasteiger partial charge in [-0.15, -0.1) is 0 Å². The van der Waals surface area contributed by atoms with Gasteiger partial charge >= 0.3 is 0 Å². The first-order valence-corrected chi connectivity index (χ1v) is 10.0. The van der Waals surface area contributed by atoms with Crippen molar-refractivity contribution in [1.29, 1.82) is 0 Å². The predicted octanol–water partition coefficient (Wildman–Crippen LogP) is 5.63. The highest BCUT2D eigenvalue weighted by molar-refractivity contribution is 6.15. The van der Waals surface area contributed by atoms with Crippen LogP contribution in [0.2, 0.25) is 0 Å². The molecule has 0 unspecified atom stereocenters. The number of hydrogen-bond donors (Lipinski definition) is 0. The molecule has 0 saturated heterocycles. The molecule has 30 heavy (non-hydrogen) atoms. The Hall–Kier alpha value is -3.47. The average molecular weight is 403 g/mol. The van der Waals surface area contributed by atoms with Gasteiger partial charge in [0.15, 0.2) is 5.76 Å². The van der Waals surface area contributed by atoms with Crippen LogP contribution in [0.3, 0.4) is 0 Å². The predicted molar refractivity (Wildman–Crippen MR) is 118 cm³/mol. The molecule has 3 aromatic rings. The molecule has 0 radical (unpaired) electrons. The highest BCUT2D eigenvalue weighted by Gasteiger charge is 2.28. The Morgan fingerprint density at radius 2 is 1.93 bits per heavy atom. The molecule has 0 N–H and O–H groups in total. The van der Waals surface area contributed by atoms with Crippen LogP contribution >= 0.6 is 0 Å². The summed E-state index contributed by atoms with van der Waals surface area (Å²) in [7, 11) is 1.65. The maximum Gasteiger partial charge on any atom is 0.231 e. The van der Waals surface area contributed by atoms with Crippen molar-refractivity contribution in [2.75, 3.05) is 13.7 Å². The summed E-state index contributed by atoms with van der Waals surface area (Å²) in [6.45, 7) is 7.44. The second-order valence-corrected chi connectivity index (χ2v) is 7.44. The van der Waals surface area contributed by atoms with Gasteiger partial charge in [-0.3, -0.25) is 4.79 Å². The fourth-order valence-electron chi connectivity index (χ4n) is 3.51. The van der Waals surface area contributed by atoms with Crippen LogP contribution in [0, 0.1) is 0 Å². The molecule has 2 heterocycles. The number of rotatable bonds is 6. The van der Waals surface area contributed by atoms with Crippen molar-refractivity contribution in [3.63, 3.8) is 0 Å². The number of aryl methyl sites for hydroxylation is 1. The summed E-state index contributed by atoms with van der Waals surface area (Å²) in [5, 5.41) is 1.02. The first kappa shape index (κ1) is 19.8. The van der Waals surface area contributed by atoms with Crippen LogP contribution in [-0.2, 0) is 6.54 Å². The minimum atomic E-state index is -0.124. The van der Waals surface area contributed by atoms with E-state index >= 15 is 0 Å². The fourth-order valence-corrected chi connectivity index (χ4v) is 3.51. The van der Waals surface area contributed by atoms with Crippen LogP contribution in [0.15, 0.2) is 60.0 Å². The van der Waals surface area contributed by atoms with E-state index in [1.807, 2.05) is 44.3 Å². The molecule has 1 aliphatic heterocycles. The lowest BCUT2D eigenvalue weighted by Gasteiger charge is -2.05. The number of carbonyl (C=O) groups excluding carboxylic acids is 1. The zero-order chi connectivity index (χ0) is 21.3. The number of benzene rings is 2. The summed E-state index contributed by atoms with van der Waals surface area (Å²) in [5.41, 5.74) is 3.74. The molecule has 0 atom stereocenters. The maximum absolute atomic E-state index is 12.9. The van der Waals surface area contributed by atoms with Gasteiger partial charge in [0.05, 0.1) is 12.7 Å². The molecule has 1 aromatic heterocycles. The number of allylic oxidation sites excluding steroid dienone is 2. The summed E-state index contributed by atoms with van der Waals surface area (Å²) in [5.74, 6) is 2.16. The lowest BCUT2D eigenvalue weighted by molar-refractivity contribution is 0.101. The minimum Gasteiger partial charge on any atom is -0.497 e. The molecule has 5 nitrogen and oxygen atoms in total. The SMILES string of the molecule is CCn1cc(/C=C2\Oc3cc(OCC=C(C)C)ccc3C2=O)c2cc(OC)ccc21. The van der Waals surface area contributed by atoms with Crippen LogP contribution in [0.1, 0.15) is 36.7 Å². The topological polar surface area (TPSA) is 49.7 Å². The Balaban J connectivity index is 1.66. The Morgan fingerprint density at radius 1 is 1.13 bits per heavy atom. The van der Waals surface area contributed by atoms with E-state index < -0.39 is 0 Å². The molecule has 1 aliphatic rings. The molecule has 0 amide bonds. The van der Waals surface area contributed by atoms with E-state index in [4.69, 9.17) is 14.2 Å². The highest BCUT2D eigenvalue weighted by atomic mass is 16.5. The average Bonchev–Trinajstić information content (AvgIpc) is 3.24. The van der Waals surface area contributed by atoms with E-state index in [-0.39, 0.29) is 5.78 Å². The number of Topliss-reactive ketones (excluding diaryl/α,β-unsaturated/α-hetero) is 1. The number of hydrogen-bond acceptors (Lipinski definition) is 4. The van der Waals surface area contributed by atoms with Gasteiger partial charge in [-0.05, 0) is 63.3 Å². The molecule has 0 bridgehead atoms. The van der Waals surface area contributed by atoms with Crippen molar-refractivity contribution in [1.82, 2.24) is 4.57 Å². The Kier molecular flexibility index (Phi) is 5.36. The van der Waals surface area contributed by atoms with Crippen molar-refractivity contribution in [3.05, 3.63) is 71.1 Å². The van der Waals surface area contributed by atoms with E-state index in [9.17, 15) is 4.79 Å². The largest absolute Gasteiger partial charge is 0.497 e. The molecule has 0 fully saturated rings. The third-order valence-electron chi connectivity index (χ3n) is 5.13. The summed E-state index contributed by atoms with van der Waals surface area (Å²) >= 11 is 0. The number of ether oxygens (including phenoxy) is 3. The van der Waals surface area contributed by atoms with E-state index in [2.05, 4.69) is 11.5 Å². The van der Waals surface area contributed by atoms with Crippen LogP contribution in [0.25, 0.3) is 17.0 Å². The Labute approximate surface area is 176 Å². The number of aromatic nitrogens is 1. The van der Waals surface area contributed by atoms with Gasteiger partial charge in [-0.1, -0.05) is 5.57 Å². The van der Waals surface area contributed by atoms with Crippen LogP contribution in [-0.4, -0.2) is 24.1 Å². The molecule has 5 heteroatoms. The lowest BCUT2D eigenvalue weighted by atomic mass is 10.1. The molecule has 0 spiro atoms. The van der Waals surface area contributed by atoms with Gasteiger partial charge in [0.25, 0.3) is 0 Å². The smallest absolute Gasteiger partial charge is 0.231 e. The van der Waals surface area contributed by atoms with E-state index in [1.165, 1.54) is 5.57 Å². The highest BCUT2D eigenvalue weighted by Crippen LogP contribution is 2.36. The van der Waals surface area contributed by atoms with Gasteiger partial charge in [-0.2, -0.15) is 0 Å². The zero-order valence-electron chi connectivity index (χ0n) is 17.7. The van der Waals surface area contributed by atoms with E-state index in [0.29, 0.717) is 29.4 Å². The number of nitrogens with zero attached hydrogens (tertiary/aromatic N) is 1. The third-order valence-corrected chi connectivity index (χ3v) is 5.13. The van der Waals surface area contributed by atoms with Gasteiger partial charge in [-0.25, -0.2) is 0 Å². The van der Waals surface area contributed by atoms with Crippen LogP contribution in [0.4, 0.5) is 0 Å². The van der Waals surface area contributed by atoms with Crippen molar-refractivity contribution in [3.8, 4) is 17.2 Å². The van der Waals surface area contributed by atoms with Crippen molar-refractivity contribution >= 4 is 22.8 Å². The van der Waals surface area contributed by atoms with Crippen LogP contribution < -0.4 is 14.2 Å². The summed E-state index contributed by atoms with van der Waals surface area (Å²) < 4.78 is 19.2. The number of carbonyl (C=O) groups is 1. The molecular formula is C25H25NO4. The lowest BCUT2D eigenvalue weighted by Crippen LogP contribution is -1.98. The van der Waals surface area contributed by atoms with Gasteiger partial charge in [0.2, 0.25) is 5.78 Å². The monoisotopic (exact) mass is 403 g/mol. The standard InChI is InChI=1S/C25H25NO4/c1-5-26-15-17(21-13-18(28-4)7-9-22(21)26)12-24-25(27)20-8-6-19(14-23(20)30-24)29-11-10-16(2)3/h6-10,12-15H,5,11H2,1-4H3/b24-12-. The van der Waals surface area contributed by atoms with E-state index in [1.54, 1.807) is 31.4 Å². The quantitative estimate of drug-likeness (QED) is 0.395. The van der Waals surface area contributed by atoms with Crippen molar-refractivity contribution < 1.29 is 19.0 Å². The van der Waals surface area contributed by atoms with Gasteiger partial charge in [0, 0.05) is 35.3 Å². The van der Waals surface area contributed by atoms with Crippen molar-refractivity contribution in [2.24, 2.45) is 0 Å². The van der Waals surface area contributed by atoms with Crippen molar-refractivity contribution in [2.45, 2.75) is 27.3 Å². The van der Waals surface area contributed by atoms with Crippen LogP contribution in [0.5, 0.6) is 17.2 Å². The normalized spacial score (nSPS) is 14.0. The number of fused-ring (bicyclic) bond motifs is 2. The molecule has 4 rings (SSSR count). The van der Waals surface area contributed by atoms with Gasteiger partial charge < -0.3 is 18.8 Å². The molecule has 0 aliphatic carbocycles. The van der Waals surface area contributed by atoms with E-state index in [0.717, 1.165) is 28.8 Å². The second kappa shape index (κ2) is 8.11. The summed E-state index contributed by atoms with van der Waals surface area (Å²) in [6.07, 6.45) is 5.84. The number of ketones is 1. The molecule has 154 valence electrons. The van der Waals surface area contributed by atoms with Gasteiger partial charge in [0.1, 0.15) is 23.9 Å². The maximum atomic E-state index is 12.9. The second-order valence-electron chi connectivity index (χ2n) is 7.44. The number of methoxy groups -OCH3 is 1. The summed E-state index contributed by atoms with van der Waals surface area (Å²) in [6, 6.07) is 11.3. The molecule has 2 aromatic carbocycles. The molecular weight excluding hydrogens is 378 g/mol. The Bertz CT molecular complexity index is 1180. The fraction of sp³-hybridized carbons (Fsp3) is 0.240. The first-order valence-electron chi connectivity index (χ1n) is 10.0. The summed E-state index contributed by atoms with van der Waals surface area (Å²) in [4.78, 5) is 12.9. The molecule has 0 saturated carbocycles. The minimum absolute atomic E-state index is 0.124. The Morgan fingerprint density at radius 3 is 2.67 bits per heavy atom. The first-order chi connectivity index (χ1) is 14.5. The zero-order valence-corrected chi connectivity index (χ0v) is 17.7. The third kappa shape index (κ3) is 3.71.